The van der Waals surface area contributed by atoms with Crippen molar-refractivity contribution in [3.05, 3.63) is 139 Å². The molecule has 188 valence electrons. The fourth-order valence-electron chi connectivity index (χ4n) is 5.63. The Balaban J connectivity index is 1.63. The SMILES string of the molecule is C[C@H]1COC(c2ccc3ccccc3c2-c2c(P(c3ccccc3)c3ccccc3)ccc3ccccc23)=N1. The lowest BCUT2D eigenvalue weighted by Crippen LogP contribution is -2.23. The Kier molecular flexibility index (Phi) is 6.19. The van der Waals surface area contributed by atoms with Gasteiger partial charge in [0.2, 0.25) is 5.90 Å². The van der Waals surface area contributed by atoms with Crippen LogP contribution in [0.15, 0.2) is 138 Å². The fraction of sp³-hybridized carbons (Fsp3) is 0.0833. The van der Waals surface area contributed by atoms with Crippen molar-refractivity contribution in [2.24, 2.45) is 4.99 Å². The minimum atomic E-state index is -0.833. The van der Waals surface area contributed by atoms with Crippen LogP contribution in [0.2, 0.25) is 0 Å². The van der Waals surface area contributed by atoms with Crippen LogP contribution in [0.5, 0.6) is 0 Å². The first-order valence-corrected chi connectivity index (χ1v) is 14.8. The van der Waals surface area contributed by atoms with Gasteiger partial charge in [-0.05, 0) is 63.9 Å². The topological polar surface area (TPSA) is 21.6 Å². The summed E-state index contributed by atoms with van der Waals surface area (Å²) >= 11 is 0. The maximum atomic E-state index is 6.20. The molecular weight excluding hydrogens is 493 g/mol. The van der Waals surface area contributed by atoms with E-state index in [0.29, 0.717) is 6.61 Å². The molecule has 0 radical (unpaired) electrons. The van der Waals surface area contributed by atoms with Gasteiger partial charge in [-0.3, -0.25) is 0 Å². The maximum absolute atomic E-state index is 6.20. The summed E-state index contributed by atoms with van der Waals surface area (Å²) in [5, 5.41) is 8.91. The Morgan fingerprint density at radius 1 is 0.590 bits per heavy atom. The second-order valence-corrected chi connectivity index (χ2v) is 12.2. The average molecular weight is 522 g/mol. The first-order chi connectivity index (χ1) is 19.3. The van der Waals surface area contributed by atoms with Gasteiger partial charge in [0.05, 0.1) is 6.04 Å². The maximum Gasteiger partial charge on any atom is 0.217 e. The van der Waals surface area contributed by atoms with E-state index in [9.17, 15) is 0 Å². The molecule has 1 atom stereocenters. The zero-order valence-corrected chi connectivity index (χ0v) is 22.7. The monoisotopic (exact) mass is 521 g/mol. The molecule has 0 aromatic heterocycles. The van der Waals surface area contributed by atoms with Crippen molar-refractivity contribution in [1.29, 1.82) is 0 Å². The van der Waals surface area contributed by atoms with Crippen LogP contribution in [-0.4, -0.2) is 18.5 Å². The molecule has 3 heteroatoms. The largest absolute Gasteiger partial charge is 0.475 e. The molecule has 2 nitrogen and oxygen atoms in total. The normalized spacial score (nSPS) is 15.0. The third-order valence-electron chi connectivity index (χ3n) is 7.39. The molecule has 1 aliphatic rings. The Labute approximate surface area is 230 Å². The molecule has 0 bridgehead atoms. The molecule has 1 heterocycles. The van der Waals surface area contributed by atoms with Crippen molar-refractivity contribution in [2.45, 2.75) is 13.0 Å². The summed E-state index contributed by atoms with van der Waals surface area (Å²) in [6, 6.07) is 48.5. The van der Waals surface area contributed by atoms with Crippen LogP contribution < -0.4 is 15.9 Å². The van der Waals surface area contributed by atoms with Gasteiger partial charge in [0.15, 0.2) is 0 Å². The quantitative estimate of drug-likeness (QED) is 0.214. The Bertz CT molecular complexity index is 1790. The number of ether oxygens (including phenoxy) is 1. The van der Waals surface area contributed by atoms with E-state index in [2.05, 4.69) is 140 Å². The lowest BCUT2D eigenvalue weighted by atomic mass is 9.90. The highest BCUT2D eigenvalue weighted by atomic mass is 31.1. The van der Waals surface area contributed by atoms with Crippen LogP contribution in [0.4, 0.5) is 0 Å². The van der Waals surface area contributed by atoms with Gasteiger partial charge in [0.25, 0.3) is 0 Å². The van der Waals surface area contributed by atoms with Crippen molar-refractivity contribution in [3.63, 3.8) is 0 Å². The van der Waals surface area contributed by atoms with Gasteiger partial charge in [0.1, 0.15) is 6.61 Å². The third kappa shape index (κ3) is 4.32. The molecule has 0 N–H and O–H groups in total. The molecule has 0 fully saturated rings. The van der Waals surface area contributed by atoms with Gasteiger partial charge in [-0.2, -0.15) is 0 Å². The summed E-state index contributed by atoms with van der Waals surface area (Å²) in [5.74, 6) is 0.742. The molecule has 6 aromatic carbocycles. The highest BCUT2D eigenvalue weighted by Crippen LogP contribution is 2.43. The first kappa shape index (κ1) is 23.8. The molecule has 39 heavy (non-hydrogen) atoms. The standard InChI is InChI=1S/C36H28NOP/c1-25-24-38-36(37-25)32-22-20-26-12-8-10-18-30(26)34(32)35-31-19-11-9-13-27(31)21-23-33(35)39(28-14-4-2-5-15-28)29-16-6-3-7-17-29/h2-23,25H,24H2,1H3/t25-/m0/s1. The summed E-state index contributed by atoms with van der Waals surface area (Å²) in [5.41, 5.74) is 3.53. The van der Waals surface area contributed by atoms with Crippen LogP contribution in [-0.2, 0) is 4.74 Å². The predicted octanol–water partition coefficient (Wildman–Crippen LogP) is 7.58. The van der Waals surface area contributed by atoms with E-state index < -0.39 is 7.92 Å². The summed E-state index contributed by atoms with van der Waals surface area (Å²) in [7, 11) is -0.833. The molecule has 0 aliphatic carbocycles. The molecule has 7 rings (SSSR count). The predicted molar refractivity (Wildman–Crippen MR) is 168 cm³/mol. The van der Waals surface area contributed by atoms with Crippen LogP contribution in [0.25, 0.3) is 32.7 Å². The van der Waals surface area contributed by atoms with Crippen molar-refractivity contribution in [1.82, 2.24) is 0 Å². The first-order valence-electron chi connectivity index (χ1n) is 13.4. The molecule has 0 saturated carbocycles. The Hall–Kier alpha value is -4.26. The average Bonchev–Trinajstić information content (AvgIpc) is 3.44. The number of benzene rings is 6. The summed E-state index contributed by atoms with van der Waals surface area (Å²) in [4.78, 5) is 4.92. The van der Waals surface area contributed by atoms with Crippen LogP contribution >= 0.6 is 7.92 Å². The number of hydrogen-bond donors (Lipinski definition) is 0. The van der Waals surface area contributed by atoms with Crippen molar-refractivity contribution in [2.75, 3.05) is 6.61 Å². The number of aliphatic imine (C=N–C) groups is 1. The number of rotatable bonds is 5. The minimum Gasteiger partial charge on any atom is -0.475 e. The Morgan fingerprint density at radius 3 is 1.72 bits per heavy atom. The highest BCUT2D eigenvalue weighted by Gasteiger charge is 2.27. The van der Waals surface area contributed by atoms with Gasteiger partial charge in [-0.1, -0.05) is 127 Å². The molecular formula is C36H28NOP. The summed E-state index contributed by atoms with van der Waals surface area (Å²) in [6.45, 7) is 2.73. The van der Waals surface area contributed by atoms with Gasteiger partial charge in [0, 0.05) is 11.1 Å². The number of fused-ring (bicyclic) bond motifs is 2. The van der Waals surface area contributed by atoms with E-state index in [1.807, 2.05) is 0 Å². The van der Waals surface area contributed by atoms with E-state index >= 15 is 0 Å². The lowest BCUT2D eigenvalue weighted by molar-refractivity contribution is 0.324. The molecule has 0 unspecified atom stereocenters. The smallest absolute Gasteiger partial charge is 0.217 e. The minimum absolute atomic E-state index is 0.150. The molecule has 0 saturated heterocycles. The summed E-state index contributed by atoms with van der Waals surface area (Å²) in [6.07, 6.45) is 0. The van der Waals surface area contributed by atoms with E-state index in [0.717, 1.165) is 11.5 Å². The molecule has 0 amide bonds. The summed E-state index contributed by atoms with van der Waals surface area (Å²) < 4.78 is 6.20. The van der Waals surface area contributed by atoms with Gasteiger partial charge in [-0.15, -0.1) is 0 Å². The van der Waals surface area contributed by atoms with Crippen LogP contribution in [0, 0.1) is 0 Å². The number of nitrogens with zero attached hydrogens (tertiary/aromatic N) is 1. The molecule has 6 aromatic rings. The second-order valence-electron chi connectivity index (χ2n) is 9.99. The van der Waals surface area contributed by atoms with E-state index in [1.54, 1.807) is 0 Å². The zero-order valence-electron chi connectivity index (χ0n) is 21.8. The van der Waals surface area contributed by atoms with E-state index in [-0.39, 0.29) is 6.04 Å². The van der Waals surface area contributed by atoms with Crippen LogP contribution in [0.3, 0.4) is 0 Å². The highest BCUT2D eigenvalue weighted by molar-refractivity contribution is 7.80. The van der Waals surface area contributed by atoms with Gasteiger partial charge in [-0.25, -0.2) is 4.99 Å². The number of hydrogen-bond acceptors (Lipinski definition) is 2. The van der Waals surface area contributed by atoms with Crippen molar-refractivity contribution >= 4 is 51.3 Å². The Morgan fingerprint density at radius 2 is 1.13 bits per heavy atom. The molecule has 0 spiro atoms. The van der Waals surface area contributed by atoms with Gasteiger partial charge < -0.3 is 4.74 Å². The zero-order chi connectivity index (χ0) is 26.2. The third-order valence-corrected chi connectivity index (χ3v) is 9.87. The van der Waals surface area contributed by atoms with Gasteiger partial charge >= 0.3 is 0 Å². The van der Waals surface area contributed by atoms with Crippen molar-refractivity contribution < 1.29 is 4.74 Å². The lowest BCUT2D eigenvalue weighted by Gasteiger charge is -2.25. The fourth-order valence-corrected chi connectivity index (χ4v) is 8.11. The second kappa shape index (κ2) is 10.1. The molecule has 1 aliphatic heterocycles. The van der Waals surface area contributed by atoms with E-state index in [1.165, 1.54) is 48.6 Å². The van der Waals surface area contributed by atoms with Crippen molar-refractivity contribution in [3.8, 4) is 11.1 Å². The van der Waals surface area contributed by atoms with Crippen LogP contribution in [0.1, 0.15) is 12.5 Å². The van der Waals surface area contributed by atoms with E-state index in [4.69, 9.17) is 9.73 Å².